The Kier molecular flexibility index (Phi) is 6.69. The molecule has 1 aliphatic rings. The molecule has 2 N–H and O–H groups in total. The Morgan fingerprint density at radius 1 is 1.03 bits per heavy atom. The number of benzene rings is 2. The summed E-state index contributed by atoms with van der Waals surface area (Å²) in [5.74, 6) is -1.25. The van der Waals surface area contributed by atoms with Gasteiger partial charge in [0.25, 0.3) is 0 Å². The van der Waals surface area contributed by atoms with Gasteiger partial charge in [-0.15, -0.1) is 0 Å². The van der Waals surface area contributed by atoms with Gasteiger partial charge in [0.2, 0.25) is 5.95 Å². The number of ether oxygens (including phenoxy) is 3. The first-order valence-corrected chi connectivity index (χ1v) is 10.7. The number of aryl methyl sites for hydroxylation is 2. The predicted molar refractivity (Wildman–Crippen MR) is 121 cm³/mol. The van der Waals surface area contributed by atoms with Gasteiger partial charge in [-0.1, -0.05) is 35.4 Å². The zero-order chi connectivity index (χ0) is 24.2. The predicted octanol–water partition coefficient (Wildman–Crippen LogP) is 2.21. The Morgan fingerprint density at radius 3 is 2.21 bits per heavy atom. The fourth-order valence-electron chi connectivity index (χ4n) is 3.52. The summed E-state index contributed by atoms with van der Waals surface area (Å²) in [5.41, 5.74) is 7.58. The molecule has 0 unspecified atom stereocenters. The highest BCUT2D eigenvalue weighted by Crippen LogP contribution is 2.31. The van der Waals surface area contributed by atoms with Gasteiger partial charge in [-0.2, -0.15) is 4.98 Å². The minimum absolute atomic E-state index is 0.136. The molecule has 10 heteroatoms. The van der Waals surface area contributed by atoms with Crippen LogP contribution in [0.1, 0.15) is 44.5 Å². The van der Waals surface area contributed by atoms with Crippen molar-refractivity contribution >= 4 is 17.9 Å². The number of nitrogens with zero attached hydrogens (tertiary/aromatic N) is 3. The molecule has 1 aliphatic heterocycles. The van der Waals surface area contributed by atoms with E-state index in [0.717, 1.165) is 15.7 Å². The van der Waals surface area contributed by atoms with Crippen molar-refractivity contribution < 1.29 is 23.8 Å². The molecule has 2 aromatic carbocycles. The first-order valence-electron chi connectivity index (χ1n) is 10.7. The average molecular weight is 464 g/mol. The van der Waals surface area contributed by atoms with Crippen LogP contribution in [0.2, 0.25) is 0 Å². The molecule has 1 fully saturated rings. The molecular weight excluding hydrogens is 440 g/mol. The Labute approximate surface area is 195 Å². The molecule has 0 spiro atoms. The maximum absolute atomic E-state index is 12.7. The Balaban J connectivity index is 1.50. The van der Waals surface area contributed by atoms with Crippen molar-refractivity contribution in [1.29, 1.82) is 0 Å². The van der Waals surface area contributed by atoms with E-state index in [2.05, 4.69) is 9.97 Å². The fraction of sp³-hybridized carbons (Fsp3) is 0.292. The van der Waals surface area contributed by atoms with Crippen molar-refractivity contribution in [2.24, 2.45) is 0 Å². The highest BCUT2D eigenvalue weighted by molar-refractivity contribution is 5.90. The van der Waals surface area contributed by atoms with E-state index in [4.69, 9.17) is 19.9 Å². The van der Waals surface area contributed by atoms with E-state index in [9.17, 15) is 14.4 Å². The van der Waals surface area contributed by atoms with Crippen molar-refractivity contribution in [2.45, 2.75) is 38.7 Å². The number of esters is 2. The standard InChI is InChI=1S/C24H24N4O6/c1-14-3-7-16(8-4-14)21(29)32-12-19-18(34-22(30)17-9-5-15(2)6-10-17)11-20(33-19)28-13-26-23(25)27-24(28)31/h3-10,13,18-20H,11-12H2,1-2H3,(H2,25,27,31)/t18-,19+,20-/m0/s1. The molecule has 3 atom stereocenters. The van der Waals surface area contributed by atoms with Crippen molar-refractivity contribution in [3.8, 4) is 0 Å². The third kappa shape index (κ3) is 5.29. The van der Waals surface area contributed by atoms with Gasteiger partial charge in [-0.3, -0.25) is 4.57 Å². The Morgan fingerprint density at radius 2 is 1.62 bits per heavy atom. The van der Waals surface area contributed by atoms with Gasteiger partial charge in [0.1, 0.15) is 31.4 Å². The summed E-state index contributed by atoms with van der Waals surface area (Å²) < 4.78 is 18.2. The van der Waals surface area contributed by atoms with Crippen molar-refractivity contribution in [2.75, 3.05) is 12.3 Å². The summed E-state index contributed by atoms with van der Waals surface area (Å²) in [4.78, 5) is 44.9. The number of nitrogens with two attached hydrogens (primary N) is 1. The quantitative estimate of drug-likeness (QED) is 0.545. The molecule has 34 heavy (non-hydrogen) atoms. The minimum atomic E-state index is -0.827. The second kappa shape index (κ2) is 9.84. The lowest BCUT2D eigenvalue weighted by Gasteiger charge is -2.19. The van der Waals surface area contributed by atoms with Crippen LogP contribution >= 0.6 is 0 Å². The smallest absolute Gasteiger partial charge is 0.354 e. The van der Waals surface area contributed by atoms with Crippen LogP contribution in [0.4, 0.5) is 5.95 Å². The first-order chi connectivity index (χ1) is 16.3. The van der Waals surface area contributed by atoms with Gasteiger partial charge in [0, 0.05) is 6.42 Å². The molecule has 1 aromatic heterocycles. The van der Waals surface area contributed by atoms with Gasteiger partial charge in [-0.05, 0) is 38.1 Å². The molecule has 0 radical (unpaired) electrons. The third-order valence-electron chi connectivity index (χ3n) is 5.45. The van der Waals surface area contributed by atoms with E-state index >= 15 is 0 Å². The number of carbonyl (C=O) groups is 2. The zero-order valence-electron chi connectivity index (χ0n) is 18.7. The van der Waals surface area contributed by atoms with E-state index < -0.39 is 36.1 Å². The van der Waals surface area contributed by atoms with Crippen LogP contribution in [0, 0.1) is 13.8 Å². The fourth-order valence-corrected chi connectivity index (χ4v) is 3.52. The molecule has 0 amide bonds. The van der Waals surface area contributed by atoms with E-state index in [0.29, 0.717) is 11.1 Å². The molecule has 0 saturated carbocycles. The molecule has 0 aliphatic carbocycles. The topological polar surface area (TPSA) is 136 Å². The van der Waals surface area contributed by atoms with E-state index in [1.165, 1.54) is 6.33 Å². The van der Waals surface area contributed by atoms with Crippen molar-refractivity contribution in [3.05, 3.63) is 87.6 Å². The number of rotatable bonds is 6. The number of anilines is 1. The normalized spacial score (nSPS) is 19.5. The van der Waals surface area contributed by atoms with Gasteiger partial charge < -0.3 is 19.9 Å². The van der Waals surface area contributed by atoms with Gasteiger partial charge >= 0.3 is 17.6 Å². The molecule has 0 bridgehead atoms. The molecule has 176 valence electrons. The monoisotopic (exact) mass is 464 g/mol. The molecule has 2 heterocycles. The average Bonchev–Trinajstić information content (AvgIpc) is 3.20. The highest BCUT2D eigenvalue weighted by Gasteiger charge is 2.40. The minimum Gasteiger partial charge on any atom is -0.459 e. The van der Waals surface area contributed by atoms with Crippen molar-refractivity contribution in [1.82, 2.24) is 14.5 Å². The van der Waals surface area contributed by atoms with Crippen LogP contribution in [-0.4, -0.2) is 45.3 Å². The lowest BCUT2D eigenvalue weighted by atomic mass is 10.1. The van der Waals surface area contributed by atoms with Gasteiger partial charge in [0.15, 0.2) is 0 Å². The summed E-state index contributed by atoms with van der Waals surface area (Å²) in [7, 11) is 0. The van der Waals surface area contributed by atoms with E-state index in [-0.39, 0.29) is 19.0 Å². The van der Waals surface area contributed by atoms with E-state index in [1.807, 2.05) is 13.8 Å². The maximum Gasteiger partial charge on any atom is 0.354 e. The van der Waals surface area contributed by atoms with Crippen LogP contribution in [0.5, 0.6) is 0 Å². The van der Waals surface area contributed by atoms with Crippen LogP contribution in [0.15, 0.2) is 59.7 Å². The Hall–Kier alpha value is -4.05. The number of hydrogen-bond donors (Lipinski definition) is 1. The van der Waals surface area contributed by atoms with Crippen LogP contribution < -0.4 is 11.4 Å². The largest absolute Gasteiger partial charge is 0.459 e. The second-order valence-electron chi connectivity index (χ2n) is 8.04. The molecule has 4 rings (SSSR count). The molecule has 10 nitrogen and oxygen atoms in total. The van der Waals surface area contributed by atoms with Crippen molar-refractivity contribution in [3.63, 3.8) is 0 Å². The summed E-state index contributed by atoms with van der Waals surface area (Å²) >= 11 is 0. The number of hydrogen-bond acceptors (Lipinski definition) is 9. The lowest BCUT2D eigenvalue weighted by Crippen LogP contribution is -2.32. The summed E-state index contributed by atoms with van der Waals surface area (Å²) in [5, 5.41) is 0. The van der Waals surface area contributed by atoms with Gasteiger partial charge in [-0.25, -0.2) is 19.4 Å². The van der Waals surface area contributed by atoms with Gasteiger partial charge in [0.05, 0.1) is 11.1 Å². The summed E-state index contributed by atoms with van der Waals surface area (Å²) in [6.07, 6.45) is -1.06. The van der Waals surface area contributed by atoms with Crippen LogP contribution in [0.3, 0.4) is 0 Å². The molecule has 1 saturated heterocycles. The van der Waals surface area contributed by atoms with E-state index in [1.54, 1.807) is 48.5 Å². The number of nitrogen functional groups attached to an aromatic ring is 1. The third-order valence-corrected chi connectivity index (χ3v) is 5.45. The maximum atomic E-state index is 12.7. The SMILES string of the molecule is Cc1ccc(C(=O)OC[C@H]2O[C@H](n3cnc(N)nc3=O)C[C@@H]2OC(=O)c2ccc(C)cc2)cc1. The summed E-state index contributed by atoms with van der Waals surface area (Å²) in [6, 6.07) is 13.9. The molecular formula is C24H24N4O6. The number of carbonyl (C=O) groups excluding carboxylic acids is 2. The molecule has 3 aromatic rings. The summed E-state index contributed by atoms with van der Waals surface area (Å²) in [6.45, 7) is 3.65. The second-order valence-corrected chi connectivity index (χ2v) is 8.04. The van der Waals surface area contributed by atoms with Crippen LogP contribution in [-0.2, 0) is 14.2 Å². The first kappa shape index (κ1) is 23.1. The highest BCUT2D eigenvalue weighted by atomic mass is 16.6. The number of aromatic nitrogens is 3. The Bertz CT molecular complexity index is 1240. The lowest BCUT2D eigenvalue weighted by molar-refractivity contribution is -0.0584. The van der Waals surface area contributed by atoms with Crippen LogP contribution in [0.25, 0.3) is 0 Å². The zero-order valence-corrected chi connectivity index (χ0v) is 18.7.